The summed E-state index contributed by atoms with van der Waals surface area (Å²) >= 11 is 10.9. The summed E-state index contributed by atoms with van der Waals surface area (Å²) in [5.74, 6) is -0.286. The van der Waals surface area contributed by atoms with Gasteiger partial charge in [0, 0.05) is 20.4 Å². The molecule has 0 saturated heterocycles. The molecule has 1 aromatic heterocycles. The van der Waals surface area contributed by atoms with Crippen LogP contribution in [0.1, 0.15) is 24.1 Å². The Balaban J connectivity index is 2.45. The van der Waals surface area contributed by atoms with E-state index in [4.69, 9.17) is 11.6 Å². The molecule has 1 atom stereocenters. The van der Waals surface area contributed by atoms with Gasteiger partial charge in [0.2, 0.25) is 0 Å². The van der Waals surface area contributed by atoms with Crippen molar-refractivity contribution in [3.8, 4) is 0 Å². The van der Waals surface area contributed by atoms with E-state index in [1.165, 1.54) is 6.07 Å². The fraction of sp³-hybridized carbons (Fsp3) is 0.231. The lowest BCUT2D eigenvalue weighted by atomic mass is 10.0. The smallest absolute Gasteiger partial charge is 0.129 e. The molecule has 0 bridgehead atoms. The molecule has 18 heavy (non-hydrogen) atoms. The summed E-state index contributed by atoms with van der Waals surface area (Å²) in [6.45, 7) is 2.76. The van der Waals surface area contributed by atoms with Gasteiger partial charge < -0.3 is 5.32 Å². The Morgan fingerprint density at radius 2 is 2.17 bits per heavy atom. The van der Waals surface area contributed by atoms with Crippen molar-refractivity contribution in [2.75, 3.05) is 6.54 Å². The molecule has 0 saturated carbocycles. The van der Waals surface area contributed by atoms with Crippen molar-refractivity contribution in [2.24, 2.45) is 0 Å². The van der Waals surface area contributed by atoms with Crippen LogP contribution in [0.25, 0.3) is 0 Å². The zero-order valence-electron chi connectivity index (χ0n) is 9.71. The molecule has 1 nitrogen and oxygen atoms in total. The number of thiophene rings is 1. The van der Waals surface area contributed by atoms with Crippen LogP contribution in [-0.4, -0.2) is 6.54 Å². The van der Waals surface area contributed by atoms with Gasteiger partial charge in [0.05, 0.1) is 6.04 Å². The van der Waals surface area contributed by atoms with Crippen LogP contribution in [0.5, 0.6) is 0 Å². The first-order chi connectivity index (χ1) is 8.63. The van der Waals surface area contributed by atoms with E-state index < -0.39 is 0 Å². The molecule has 0 fully saturated rings. The number of halogens is 3. The monoisotopic (exact) mass is 347 g/mol. The van der Waals surface area contributed by atoms with Gasteiger partial charge in [0.1, 0.15) is 5.82 Å². The number of hydrogen-bond donors (Lipinski definition) is 1. The molecule has 0 spiro atoms. The van der Waals surface area contributed by atoms with Crippen LogP contribution >= 0.6 is 38.9 Å². The number of rotatable bonds is 4. The van der Waals surface area contributed by atoms with E-state index in [0.717, 1.165) is 16.6 Å². The quantitative estimate of drug-likeness (QED) is 0.819. The number of hydrogen-bond acceptors (Lipinski definition) is 2. The summed E-state index contributed by atoms with van der Waals surface area (Å²) in [5.41, 5.74) is 1.66. The molecule has 1 aromatic carbocycles. The molecular formula is C13H12BrClFNS. The highest BCUT2D eigenvalue weighted by Crippen LogP contribution is 2.33. The Hall–Kier alpha value is -0.420. The van der Waals surface area contributed by atoms with Crippen LogP contribution in [0.15, 0.2) is 33.4 Å². The van der Waals surface area contributed by atoms with Crippen molar-refractivity contribution in [1.29, 1.82) is 0 Å². The van der Waals surface area contributed by atoms with Crippen molar-refractivity contribution in [3.63, 3.8) is 0 Å². The van der Waals surface area contributed by atoms with Gasteiger partial charge in [-0.2, -0.15) is 11.3 Å². The highest BCUT2D eigenvalue weighted by Gasteiger charge is 2.20. The van der Waals surface area contributed by atoms with Gasteiger partial charge in [0.25, 0.3) is 0 Å². The molecule has 5 heteroatoms. The molecule has 0 radical (unpaired) electrons. The van der Waals surface area contributed by atoms with Crippen molar-refractivity contribution >= 4 is 38.9 Å². The van der Waals surface area contributed by atoms with Crippen molar-refractivity contribution in [1.82, 2.24) is 5.32 Å². The van der Waals surface area contributed by atoms with E-state index in [0.29, 0.717) is 10.6 Å². The van der Waals surface area contributed by atoms with E-state index >= 15 is 0 Å². The fourth-order valence-corrected chi connectivity index (χ4v) is 3.54. The lowest BCUT2D eigenvalue weighted by molar-refractivity contribution is 0.559. The molecule has 0 amide bonds. The predicted molar refractivity (Wildman–Crippen MR) is 78.9 cm³/mol. The summed E-state index contributed by atoms with van der Waals surface area (Å²) < 4.78 is 15.0. The van der Waals surface area contributed by atoms with Gasteiger partial charge in [-0.05, 0) is 45.6 Å². The molecule has 2 aromatic rings. The van der Waals surface area contributed by atoms with Gasteiger partial charge >= 0.3 is 0 Å². The minimum atomic E-state index is -0.286. The molecule has 1 N–H and O–H groups in total. The second kappa shape index (κ2) is 6.15. The molecular weight excluding hydrogens is 337 g/mol. The van der Waals surface area contributed by atoms with E-state index in [-0.39, 0.29) is 11.9 Å². The molecule has 2 rings (SSSR count). The van der Waals surface area contributed by atoms with Crippen LogP contribution in [0.3, 0.4) is 0 Å². The topological polar surface area (TPSA) is 12.0 Å². The zero-order valence-corrected chi connectivity index (χ0v) is 12.9. The minimum absolute atomic E-state index is 0.159. The van der Waals surface area contributed by atoms with E-state index in [9.17, 15) is 4.39 Å². The fourth-order valence-electron chi connectivity index (χ4n) is 1.82. The second-order valence-electron chi connectivity index (χ2n) is 3.83. The average Bonchev–Trinajstić information content (AvgIpc) is 2.73. The minimum Gasteiger partial charge on any atom is -0.306 e. The maximum Gasteiger partial charge on any atom is 0.129 e. The van der Waals surface area contributed by atoms with Crippen molar-refractivity contribution in [3.05, 3.63) is 55.4 Å². The second-order valence-corrected chi connectivity index (χ2v) is 5.87. The summed E-state index contributed by atoms with van der Waals surface area (Å²) in [7, 11) is 0. The summed E-state index contributed by atoms with van der Waals surface area (Å²) in [5, 5.41) is 7.72. The Morgan fingerprint density at radius 3 is 2.72 bits per heavy atom. The van der Waals surface area contributed by atoms with Crippen LogP contribution in [0.2, 0.25) is 5.02 Å². The molecule has 0 aliphatic heterocycles. The number of benzene rings is 1. The van der Waals surface area contributed by atoms with E-state index in [1.54, 1.807) is 23.5 Å². The standard InChI is InChI=1S/C13H12BrClFNS/c1-2-17-13(10-6-18-7-11(10)14)9-4-3-8(15)5-12(9)16/h3-7,13,17H,2H2,1H3. The van der Waals surface area contributed by atoms with Crippen LogP contribution in [0.4, 0.5) is 4.39 Å². The molecule has 1 unspecified atom stereocenters. The molecule has 0 aliphatic rings. The predicted octanol–water partition coefficient (Wildman–Crippen LogP) is 5.00. The Kier molecular flexibility index (Phi) is 4.78. The van der Waals surface area contributed by atoms with E-state index in [2.05, 4.69) is 21.2 Å². The molecule has 0 aliphatic carbocycles. The normalized spacial score (nSPS) is 12.7. The third kappa shape index (κ3) is 2.94. The highest BCUT2D eigenvalue weighted by molar-refractivity contribution is 9.10. The SMILES string of the molecule is CCNC(c1ccc(Cl)cc1F)c1cscc1Br. The first-order valence-electron chi connectivity index (χ1n) is 5.53. The summed E-state index contributed by atoms with van der Waals surface area (Å²) in [6, 6.07) is 4.63. The van der Waals surface area contributed by atoms with Gasteiger partial charge in [0.15, 0.2) is 0 Å². The lowest BCUT2D eigenvalue weighted by Crippen LogP contribution is -2.22. The van der Waals surface area contributed by atoms with Gasteiger partial charge in [-0.15, -0.1) is 0 Å². The van der Waals surface area contributed by atoms with Crippen LogP contribution < -0.4 is 5.32 Å². The largest absolute Gasteiger partial charge is 0.306 e. The third-order valence-electron chi connectivity index (χ3n) is 2.64. The Morgan fingerprint density at radius 1 is 1.39 bits per heavy atom. The molecule has 1 heterocycles. The highest BCUT2D eigenvalue weighted by atomic mass is 79.9. The van der Waals surface area contributed by atoms with Crippen molar-refractivity contribution < 1.29 is 4.39 Å². The van der Waals surface area contributed by atoms with Crippen LogP contribution in [-0.2, 0) is 0 Å². The van der Waals surface area contributed by atoms with Gasteiger partial charge in [-0.3, -0.25) is 0 Å². The maximum absolute atomic E-state index is 14.0. The molecule has 96 valence electrons. The van der Waals surface area contributed by atoms with Crippen LogP contribution in [0, 0.1) is 5.82 Å². The third-order valence-corrected chi connectivity index (χ3v) is 4.62. The van der Waals surface area contributed by atoms with E-state index in [1.807, 2.05) is 17.7 Å². The Bertz CT molecular complexity index is 544. The lowest BCUT2D eigenvalue weighted by Gasteiger charge is -2.19. The van der Waals surface area contributed by atoms with Gasteiger partial charge in [-0.25, -0.2) is 4.39 Å². The van der Waals surface area contributed by atoms with Crippen molar-refractivity contribution in [2.45, 2.75) is 13.0 Å². The van der Waals surface area contributed by atoms with Gasteiger partial charge in [-0.1, -0.05) is 24.6 Å². The zero-order chi connectivity index (χ0) is 13.1. The maximum atomic E-state index is 14.0. The number of nitrogens with one attached hydrogen (secondary N) is 1. The first kappa shape index (κ1) is 14.0. The summed E-state index contributed by atoms with van der Waals surface area (Å²) in [6.07, 6.45) is 0. The Labute approximate surface area is 123 Å². The average molecular weight is 349 g/mol. The first-order valence-corrected chi connectivity index (χ1v) is 7.64. The summed E-state index contributed by atoms with van der Waals surface area (Å²) in [4.78, 5) is 0.